The third-order valence-electron chi connectivity index (χ3n) is 4.00. The van der Waals surface area contributed by atoms with Crippen molar-refractivity contribution in [3.8, 4) is 0 Å². The van der Waals surface area contributed by atoms with Gasteiger partial charge in [0.2, 0.25) is 11.0 Å². The summed E-state index contributed by atoms with van der Waals surface area (Å²) < 4.78 is 0.836. The summed E-state index contributed by atoms with van der Waals surface area (Å²) in [5.41, 5.74) is 2.14. The van der Waals surface area contributed by atoms with Crippen molar-refractivity contribution in [2.45, 2.75) is 35.8 Å². The average Bonchev–Trinajstić information content (AvgIpc) is 3.13. The van der Waals surface area contributed by atoms with Crippen LogP contribution in [0.4, 0.5) is 5.13 Å². The second kappa shape index (κ2) is 8.91. The van der Waals surface area contributed by atoms with Crippen LogP contribution in [-0.2, 0) is 4.79 Å². The van der Waals surface area contributed by atoms with Gasteiger partial charge in [0.05, 0.1) is 5.92 Å². The van der Waals surface area contributed by atoms with Crippen LogP contribution in [0.15, 0.2) is 59.2 Å². The molecule has 2 unspecified atom stereocenters. The third-order valence-corrected chi connectivity index (χ3v) is 6.34. The van der Waals surface area contributed by atoms with E-state index in [0.29, 0.717) is 5.13 Å². The van der Waals surface area contributed by atoms with Gasteiger partial charge in [-0.2, -0.15) is 0 Å². The van der Waals surface area contributed by atoms with Gasteiger partial charge in [-0.3, -0.25) is 15.1 Å². The molecule has 7 heteroatoms. The van der Waals surface area contributed by atoms with Crippen molar-refractivity contribution in [1.29, 1.82) is 0 Å². The number of hydrogen-bond donors (Lipinski definition) is 1. The predicted molar refractivity (Wildman–Crippen MR) is 107 cm³/mol. The fourth-order valence-corrected chi connectivity index (χ4v) is 4.52. The molecule has 2 aromatic heterocycles. The zero-order valence-corrected chi connectivity index (χ0v) is 16.3. The first-order valence-corrected chi connectivity index (χ1v) is 10.1. The normalized spacial score (nSPS) is 13.2. The van der Waals surface area contributed by atoms with Crippen LogP contribution in [-0.4, -0.2) is 21.1 Å². The molecule has 0 fully saturated rings. The lowest BCUT2D eigenvalue weighted by atomic mass is 10.0. The summed E-state index contributed by atoms with van der Waals surface area (Å²) in [4.78, 5) is 16.6. The Bertz CT molecular complexity index is 839. The standard InChI is InChI=1S/C19H20N4OS2/c1-3-16(15-10-7-11-20-12-15)25-19-23-22-18(26-19)21-17(24)13(2)14-8-5-4-6-9-14/h4-13,16H,3H2,1-2H3,(H,21,22,24). The van der Waals surface area contributed by atoms with Crippen LogP contribution in [0.1, 0.15) is 42.6 Å². The minimum absolute atomic E-state index is 0.0804. The number of nitrogens with zero attached hydrogens (tertiary/aromatic N) is 3. The number of nitrogens with one attached hydrogen (secondary N) is 1. The van der Waals surface area contributed by atoms with E-state index in [9.17, 15) is 4.79 Å². The quantitative estimate of drug-likeness (QED) is 0.463. The maximum absolute atomic E-state index is 12.4. The van der Waals surface area contributed by atoms with Gasteiger partial charge in [0.15, 0.2) is 4.34 Å². The zero-order chi connectivity index (χ0) is 18.4. The molecule has 1 N–H and O–H groups in total. The molecule has 0 saturated heterocycles. The molecule has 0 bridgehead atoms. The Balaban J connectivity index is 1.63. The summed E-state index contributed by atoms with van der Waals surface area (Å²) in [7, 11) is 0. The first-order valence-electron chi connectivity index (χ1n) is 8.43. The zero-order valence-electron chi connectivity index (χ0n) is 14.6. The number of aromatic nitrogens is 3. The van der Waals surface area contributed by atoms with Crippen molar-refractivity contribution in [1.82, 2.24) is 15.2 Å². The molecule has 134 valence electrons. The molecule has 0 aliphatic heterocycles. The minimum Gasteiger partial charge on any atom is -0.300 e. The number of benzene rings is 1. The van der Waals surface area contributed by atoms with Crippen LogP contribution >= 0.6 is 23.1 Å². The van der Waals surface area contributed by atoms with Gasteiger partial charge in [-0.05, 0) is 30.5 Å². The highest BCUT2D eigenvalue weighted by Gasteiger charge is 2.18. The van der Waals surface area contributed by atoms with Crippen LogP contribution in [0.3, 0.4) is 0 Å². The Hall–Kier alpha value is -2.25. The smallest absolute Gasteiger partial charge is 0.233 e. The number of carbonyl (C=O) groups is 1. The number of amides is 1. The molecule has 0 spiro atoms. The molecule has 2 heterocycles. The number of anilines is 1. The molecular weight excluding hydrogens is 364 g/mol. The second-order valence-electron chi connectivity index (χ2n) is 5.80. The molecular formula is C19H20N4OS2. The van der Waals surface area contributed by atoms with E-state index in [1.54, 1.807) is 18.0 Å². The lowest BCUT2D eigenvalue weighted by Crippen LogP contribution is -2.18. The van der Waals surface area contributed by atoms with Gasteiger partial charge in [-0.15, -0.1) is 10.2 Å². The molecule has 3 rings (SSSR count). The lowest BCUT2D eigenvalue weighted by Gasteiger charge is -2.12. The van der Waals surface area contributed by atoms with Crippen LogP contribution < -0.4 is 5.32 Å². The molecule has 1 aromatic carbocycles. The summed E-state index contributed by atoms with van der Waals surface area (Å²) in [6.07, 6.45) is 4.61. The summed E-state index contributed by atoms with van der Waals surface area (Å²) in [6, 6.07) is 13.7. The van der Waals surface area contributed by atoms with Gasteiger partial charge in [0.1, 0.15) is 0 Å². The van der Waals surface area contributed by atoms with Gasteiger partial charge in [-0.1, -0.05) is 66.4 Å². The van der Waals surface area contributed by atoms with Crippen LogP contribution in [0, 0.1) is 0 Å². The van der Waals surface area contributed by atoms with E-state index < -0.39 is 0 Å². The first-order chi connectivity index (χ1) is 12.7. The van der Waals surface area contributed by atoms with E-state index in [4.69, 9.17) is 0 Å². The van der Waals surface area contributed by atoms with E-state index in [2.05, 4.69) is 33.5 Å². The molecule has 1 amide bonds. The Morgan fingerprint density at radius 3 is 2.62 bits per heavy atom. The van der Waals surface area contributed by atoms with Crippen molar-refractivity contribution < 1.29 is 4.79 Å². The first kappa shape index (κ1) is 18.5. The largest absolute Gasteiger partial charge is 0.300 e. The summed E-state index contributed by atoms with van der Waals surface area (Å²) in [5, 5.41) is 12.0. The molecule has 26 heavy (non-hydrogen) atoms. The molecule has 0 aliphatic carbocycles. The van der Waals surface area contributed by atoms with E-state index in [-0.39, 0.29) is 17.1 Å². The number of hydrogen-bond acceptors (Lipinski definition) is 6. The van der Waals surface area contributed by atoms with Crippen LogP contribution in [0.2, 0.25) is 0 Å². The predicted octanol–water partition coefficient (Wildman–Crippen LogP) is 4.92. The molecule has 5 nitrogen and oxygen atoms in total. The fraction of sp³-hybridized carbons (Fsp3) is 0.263. The van der Waals surface area contributed by atoms with E-state index in [0.717, 1.165) is 16.3 Å². The van der Waals surface area contributed by atoms with Crippen molar-refractivity contribution >= 4 is 34.1 Å². The minimum atomic E-state index is -0.241. The summed E-state index contributed by atoms with van der Waals surface area (Å²) >= 11 is 3.05. The fourth-order valence-electron chi connectivity index (χ4n) is 2.49. The van der Waals surface area contributed by atoms with Gasteiger partial charge in [-0.25, -0.2) is 0 Å². The molecule has 0 radical (unpaired) electrons. The maximum atomic E-state index is 12.4. The highest BCUT2D eigenvalue weighted by molar-refractivity contribution is 8.01. The monoisotopic (exact) mass is 384 g/mol. The number of rotatable bonds is 7. The summed E-state index contributed by atoms with van der Waals surface area (Å²) in [6.45, 7) is 4.02. The van der Waals surface area contributed by atoms with Gasteiger partial charge < -0.3 is 0 Å². The van der Waals surface area contributed by atoms with E-state index in [1.165, 1.54) is 16.9 Å². The second-order valence-corrected chi connectivity index (χ2v) is 8.22. The van der Waals surface area contributed by atoms with Crippen LogP contribution in [0.25, 0.3) is 0 Å². The molecule has 0 aliphatic rings. The van der Waals surface area contributed by atoms with Crippen LogP contribution in [0.5, 0.6) is 0 Å². The molecule has 0 saturated carbocycles. The Kier molecular flexibility index (Phi) is 6.35. The van der Waals surface area contributed by atoms with Gasteiger partial charge >= 0.3 is 0 Å². The van der Waals surface area contributed by atoms with Crippen molar-refractivity contribution in [3.05, 3.63) is 66.0 Å². The third kappa shape index (κ3) is 4.68. The maximum Gasteiger partial charge on any atom is 0.233 e. The van der Waals surface area contributed by atoms with Crippen molar-refractivity contribution in [2.24, 2.45) is 0 Å². The Labute approximate surface area is 161 Å². The lowest BCUT2D eigenvalue weighted by molar-refractivity contribution is -0.117. The van der Waals surface area contributed by atoms with Gasteiger partial charge in [0.25, 0.3) is 0 Å². The highest BCUT2D eigenvalue weighted by Crippen LogP contribution is 2.39. The Morgan fingerprint density at radius 2 is 1.92 bits per heavy atom. The number of pyridine rings is 1. The Morgan fingerprint density at radius 1 is 1.15 bits per heavy atom. The summed E-state index contributed by atoms with van der Waals surface area (Å²) in [5.74, 6) is -0.321. The van der Waals surface area contributed by atoms with Crippen molar-refractivity contribution in [3.63, 3.8) is 0 Å². The average molecular weight is 385 g/mol. The molecule has 2 atom stereocenters. The van der Waals surface area contributed by atoms with E-state index in [1.807, 2.05) is 49.5 Å². The molecule has 3 aromatic rings. The van der Waals surface area contributed by atoms with E-state index >= 15 is 0 Å². The number of thioether (sulfide) groups is 1. The van der Waals surface area contributed by atoms with Gasteiger partial charge in [0, 0.05) is 17.6 Å². The SMILES string of the molecule is CCC(Sc1nnc(NC(=O)C(C)c2ccccc2)s1)c1cccnc1. The number of carbonyl (C=O) groups excluding carboxylic acids is 1. The topological polar surface area (TPSA) is 67.8 Å². The van der Waals surface area contributed by atoms with Crippen molar-refractivity contribution in [2.75, 3.05) is 5.32 Å². The highest BCUT2D eigenvalue weighted by atomic mass is 32.2.